The van der Waals surface area contributed by atoms with E-state index >= 15 is 0 Å². The molecule has 4 rings (SSSR count). The first-order valence-electron chi connectivity index (χ1n) is 9.22. The molecule has 0 bridgehead atoms. The summed E-state index contributed by atoms with van der Waals surface area (Å²) < 4.78 is 30.4. The van der Waals surface area contributed by atoms with E-state index in [4.69, 9.17) is 0 Å². The van der Waals surface area contributed by atoms with E-state index in [1.54, 1.807) is 0 Å². The molecule has 1 fully saturated rings. The van der Waals surface area contributed by atoms with Gasteiger partial charge in [-0.2, -0.15) is 10.2 Å². The SMILES string of the molecule is Cc1c(CN2CCCC(c3[nH]ncc3-c3c(F)cccc3F)C2)cnn1C. The van der Waals surface area contributed by atoms with Crippen LogP contribution in [0.5, 0.6) is 0 Å². The minimum Gasteiger partial charge on any atom is -0.298 e. The van der Waals surface area contributed by atoms with Crippen LogP contribution in [0.1, 0.15) is 35.7 Å². The van der Waals surface area contributed by atoms with Gasteiger partial charge in [0.2, 0.25) is 0 Å². The maximum Gasteiger partial charge on any atom is 0.134 e. The molecule has 142 valence electrons. The van der Waals surface area contributed by atoms with Gasteiger partial charge in [-0.1, -0.05) is 6.07 Å². The molecule has 3 aromatic rings. The Bertz CT molecular complexity index is 926. The Morgan fingerprint density at radius 1 is 1.22 bits per heavy atom. The number of likely N-dealkylation sites (tertiary alicyclic amines) is 1. The molecule has 27 heavy (non-hydrogen) atoms. The Hall–Kier alpha value is -2.54. The average molecular weight is 371 g/mol. The Morgan fingerprint density at radius 3 is 2.70 bits per heavy atom. The van der Waals surface area contributed by atoms with Crippen molar-refractivity contribution in [1.29, 1.82) is 0 Å². The molecule has 2 aromatic heterocycles. The van der Waals surface area contributed by atoms with Crippen molar-refractivity contribution in [2.45, 2.75) is 32.2 Å². The van der Waals surface area contributed by atoms with E-state index in [1.807, 2.05) is 17.9 Å². The first kappa shape index (κ1) is 17.9. The Kier molecular flexibility index (Phi) is 4.78. The highest BCUT2D eigenvalue weighted by Crippen LogP contribution is 2.35. The van der Waals surface area contributed by atoms with Gasteiger partial charge in [0, 0.05) is 48.6 Å². The van der Waals surface area contributed by atoms with Crippen LogP contribution in [0.4, 0.5) is 8.78 Å². The third kappa shape index (κ3) is 3.39. The first-order chi connectivity index (χ1) is 13.0. The molecule has 1 atom stereocenters. The Labute approximate surface area is 157 Å². The van der Waals surface area contributed by atoms with E-state index in [-0.39, 0.29) is 11.5 Å². The summed E-state index contributed by atoms with van der Waals surface area (Å²) in [7, 11) is 1.94. The maximum atomic E-state index is 14.3. The number of hydrogen-bond acceptors (Lipinski definition) is 3. The zero-order chi connectivity index (χ0) is 19.0. The lowest BCUT2D eigenvalue weighted by Crippen LogP contribution is -2.34. The highest BCUT2D eigenvalue weighted by molar-refractivity contribution is 5.67. The standard InChI is InChI=1S/C20H23F2N5/c1-13-15(9-24-26(13)2)12-27-8-4-5-14(11-27)20-16(10-23-25-20)19-17(21)6-3-7-18(19)22/h3,6-7,9-10,14H,4-5,8,11-12H2,1-2H3,(H,23,25). The molecule has 1 aliphatic heterocycles. The van der Waals surface area contributed by atoms with Crippen molar-refractivity contribution in [3.63, 3.8) is 0 Å². The summed E-state index contributed by atoms with van der Waals surface area (Å²) in [5.41, 5.74) is 3.71. The quantitative estimate of drug-likeness (QED) is 0.759. The van der Waals surface area contributed by atoms with Gasteiger partial charge in [-0.15, -0.1) is 0 Å². The van der Waals surface area contributed by atoms with Gasteiger partial charge in [-0.25, -0.2) is 8.78 Å². The van der Waals surface area contributed by atoms with E-state index in [1.165, 1.54) is 30.0 Å². The molecule has 0 spiro atoms. The number of nitrogens with zero attached hydrogens (tertiary/aromatic N) is 4. The number of piperidine rings is 1. The number of aryl methyl sites for hydroxylation is 1. The van der Waals surface area contributed by atoms with Gasteiger partial charge in [0.25, 0.3) is 0 Å². The fourth-order valence-electron chi connectivity index (χ4n) is 3.94. The number of benzene rings is 1. The third-order valence-corrected chi connectivity index (χ3v) is 5.55. The van der Waals surface area contributed by atoms with Gasteiger partial charge in [-0.3, -0.25) is 14.7 Å². The van der Waals surface area contributed by atoms with Crippen LogP contribution >= 0.6 is 0 Å². The maximum absolute atomic E-state index is 14.3. The molecule has 1 saturated heterocycles. The minimum absolute atomic E-state index is 0.00137. The number of aromatic nitrogens is 4. The summed E-state index contributed by atoms with van der Waals surface area (Å²) in [6, 6.07) is 3.95. The highest BCUT2D eigenvalue weighted by atomic mass is 19.1. The molecule has 0 saturated carbocycles. The molecule has 1 N–H and O–H groups in total. The molecule has 5 nitrogen and oxygen atoms in total. The van der Waals surface area contributed by atoms with Crippen molar-refractivity contribution in [2.24, 2.45) is 7.05 Å². The number of H-pyrrole nitrogens is 1. The second-order valence-electron chi connectivity index (χ2n) is 7.25. The van der Waals surface area contributed by atoms with Gasteiger partial charge in [0.05, 0.1) is 18.0 Å². The van der Waals surface area contributed by atoms with Crippen molar-refractivity contribution < 1.29 is 8.78 Å². The topological polar surface area (TPSA) is 49.7 Å². The lowest BCUT2D eigenvalue weighted by Gasteiger charge is -2.32. The molecular formula is C20H23F2N5. The van der Waals surface area contributed by atoms with Gasteiger partial charge in [0.1, 0.15) is 11.6 Å². The van der Waals surface area contributed by atoms with Crippen molar-refractivity contribution in [1.82, 2.24) is 24.9 Å². The summed E-state index contributed by atoms with van der Waals surface area (Å²) in [6.07, 6.45) is 5.44. The van der Waals surface area contributed by atoms with Crippen molar-refractivity contribution in [2.75, 3.05) is 13.1 Å². The molecule has 0 radical (unpaired) electrons. The fourth-order valence-corrected chi connectivity index (χ4v) is 3.94. The number of rotatable bonds is 4. The summed E-state index contributed by atoms with van der Waals surface area (Å²) in [6.45, 7) is 4.72. The number of halogens is 2. The van der Waals surface area contributed by atoms with Crippen LogP contribution in [0.2, 0.25) is 0 Å². The molecule has 7 heteroatoms. The summed E-state index contributed by atoms with van der Waals surface area (Å²) in [5, 5.41) is 11.4. The molecule has 1 unspecified atom stereocenters. The lowest BCUT2D eigenvalue weighted by molar-refractivity contribution is 0.198. The molecule has 3 heterocycles. The zero-order valence-electron chi connectivity index (χ0n) is 15.5. The molecular weight excluding hydrogens is 348 g/mol. The normalized spacial score (nSPS) is 18.1. The van der Waals surface area contributed by atoms with Crippen LogP contribution in [0, 0.1) is 18.6 Å². The second-order valence-corrected chi connectivity index (χ2v) is 7.25. The van der Waals surface area contributed by atoms with Gasteiger partial charge < -0.3 is 0 Å². The predicted molar refractivity (Wildman–Crippen MR) is 99.1 cm³/mol. The lowest BCUT2D eigenvalue weighted by atomic mass is 9.90. The van der Waals surface area contributed by atoms with Crippen LogP contribution in [-0.4, -0.2) is 38.0 Å². The van der Waals surface area contributed by atoms with E-state index in [0.29, 0.717) is 5.56 Å². The smallest absolute Gasteiger partial charge is 0.134 e. The van der Waals surface area contributed by atoms with E-state index in [9.17, 15) is 8.78 Å². The van der Waals surface area contributed by atoms with Crippen LogP contribution in [0.3, 0.4) is 0 Å². The minimum atomic E-state index is -0.559. The van der Waals surface area contributed by atoms with Crippen molar-refractivity contribution in [3.05, 3.63) is 59.2 Å². The van der Waals surface area contributed by atoms with Crippen LogP contribution in [0.15, 0.2) is 30.6 Å². The van der Waals surface area contributed by atoms with Crippen LogP contribution < -0.4 is 0 Å². The predicted octanol–water partition coefficient (Wildman–Crippen LogP) is 3.78. The number of hydrogen-bond donors (Lipinski definition) is 1. The average Bonchev–Trinajstić information content (AvgIpc) is 3.25. The third-order valence-electron chi connectivity index (χ3n) is 5.55. The van der Waals surface area contributed by atoms with E-state index in [2.05, 4.69) is 27.1 Å². The molecule has 1 aliphatic rings. The van der Waals surface area contributed by atoms with E-state index in [0.717, 1.165) is 43.9 Å². The molecule has 0 amide bonds. The monoisotopic (exact) mass is 371 g/mol. The van der Waals surface area contributed by atoms with Crippen LogP contribution in [0.25, 0.3) is 11.1 Å². The Morgan fingerprint density at radius 2 is 2.00 bits per heavy atom. The second kappa shape index (κ2) is 7.23. The molecule has 0 aliphatic carbocycles. The number of aromatic amines is 1. The fraction of sp³-hybridized carbons (Fsp3) is 0.400. The summed E-state index contributed by atoms with van der Waals surface area (Å²) in [4.78, 5) is 2.38. The van der Waals surface area contributed by atoms with Gasteiger partial charge in [-0.05, 0) is 38.4 Å². The largest absolute Gasteiger partial charge is 0.298 e. The summed E-state index contributed by atoms with van der Waals surface area (Å²) in [5.74, 6) is -0.958. The van der Waals surface area contributed by atoms with Crippen molar-refractivity contribution >= 4 is 0 Å². The zero-order valence-corrected chi connectivity index (χ0v) is 15.5. The summed E-state index contributed by atoms with van der Waals surface area (Å²) >= 11 is 0. The molecule has 1 aromatic carbocycles. The number of nitrogens with one attached hydrogen (secondary N) is 1. The van der Waals surface area contributed by atoms with Crippen molar-refractivity contribution in [3.8, 4) is 11.1 Å². The van der Waals surface area contributed by atoms with E-state index < -0.39 is 11.6 Å². The van der Waals surface area contributed by atoms with Gasteiger partial charge in [0.15, 0.2) is 0 Å². The Balaban J connectivity index is 1.58. The highest BCUT2D eigenvalue weighted by Gasteiger charge is 2.27. The van der Waals surface area contributed by atoms with Crippen LogP contribution in [-0.2, 0) is 13.6 Å². The first-order valence-corrected chi connectivity index (χ1v) is 9.22. The van der Waals surface area contributed by atoms with Gasteiger partial charge >= 0.3 is 0 Å².